The van der Waals surface area contributed by atoms with Gasteiger partial charge in [0.25, 0.3) is 0 Å². The Bertz CT molecular complexity index is 435. The second-order valence-electron chi connectivity index (χ2n) is 4.34. The van der Waals surface area contributed by atoms with Crippen LogP contribution in [0, 0.1) is 0 Å². The zero-order valence-corrected chi connectivity index (χ0v) is 9.69. The van der Waals surface area contributed by atoms with Crippen molar-refractivity contribution in [3.63, 3.8) is 0 Å². The summed E-state index contributed by atoms with van der Waals surface area (Å²) in [6, 6.07) is 1.91. The Balaban J connectivity index is 1.90. The quantitative estimate of drug-likeness (QED) is 0.736. The van der Waals surface area contributed by atoms with Gasteiger partial charge in [-0.25, -0.2) is 0 Å². The summed E-state index contributed by atoms with van der Waals surface area (Å²) in [6.45, 7) is 3.41. The first kappa shape index (κ1) is 10.9. The second kappa shape index (κ2) is 4.59. The van der Waals surface area contributed by atoms with E-state index in [0.717, 1.165) is 58.0 Å². The van der Waals surface area contributed by atoms with Gasteiger partial charge in [-0.15, -0.1) is 0 Å². The van der Waals surface area contributed by atoms with Crippen molar-refractivity contribution in [1.29, 1.82) is 0 Å². The highest BCUT2D eigenvalue weighted by Crippen LogP contribution is 2.29. The number of allylic oxidation sites excluding steroid dienone is 1. The normalized spacial score (nSPS) is 19.8. The molecule has 0 amide bonds. The lowest BCUT2D eigenvalue weighted by Gasteiger charge is -2.32. The first-order valence-electron chi connectivity index (χ1n) is 6.02. The van der Waals surface area contributed by atoms with Crippen LogP contribution >= 0.6 is 0 Å². The van der Waals surface area contributed by atoms with Gasteiger partial charge in [0.1, 0.15) is 5.76 Å². The van der Waals surface area contributed by atoms with Crippen LogP contribution in [-0.4, -0.2) is 43.7 Å². The van der Waals surface area contributed by atoms with E-state index in [2.05, 4.69) is 11.0 Å². The molecule has 0 aromatic carbocycles. The number of hydrogen-bond acceptors (Lipinski definition) is 4. The molecule has 17 heavy (non-hydrogen) atoms. The highest BCUT2D eigenvalue weighted by molar-refractivity contribution is 6.43. The van der Waals surface area contributed by atoms with Crippen molar-refractivity contribution in [1.82, 2.24) is 4.90 Å². The summed E-state index contributed by atoms with van der Waals surface area (Å²) < 4.78 is 10.9. The molecule has 1 aromatic heterocycles. The largest absolute Gasteiger partial charge is 0.473 e. The minimum atomic E-state index is 0.538. The molecule has 0 atom stereocenters. The van der Waals surface area contributed by atoms with Crippen LogP contribution < -0.4 is 5.66 Å². The van der Waals surface area contributed by atoms with Crippen LogP contribution in [0.1, 0.15) is 17.7 Å². The second-order valence-corrected chi connectivity index (χ2v) is 4.34. The maximum Gasteiger partial charge on any atom is 0.373 e. The number of rotatable bonds is 2. The standard InChI is InChI=1S/C12H15BNO3/c15-13-12-8-9-10(2-1-3-11(9)17-12)14-4-6-16-7-5-14/h2,8,15H,1,3-7H2. The molecule has 1 radical (unpaired) electrons. The molecule has 1 aliphatic heterocycles. The van der Waals surface area contributed by atoms with E-state index in [-0.39, 0.29) is 0 Å². The topological polar surface area (TPSA) is 45.8 Å². The van der Waals surface area contributed by atoms with Gasteiger partial charge in [-0.3, -0.25) is 0 Å². The summed E-state index contributed by atoms with van der Waals surface area (Å²) in [7, 11) is 1.02. The molecule has 1 saturated heterocycles. The minimum absolute atomic E-state index is 0.538. The fourth-order valence-electron chi connectivity index (χ4n) is 2.47. The van der Waals surface area contributed by atoms with E-state index in [1.54, 1.807) is 0 Å². The molecule has 2 aliphatic rings. The van der Waals surface area contributed by atoms with Crippen LogP contribution in [0.3, 0.4) is 0 Å². The van der Waals surface area contributed by atoms with E-state index in [4.69, 9.17) is 14.2 Å². The Morgan fingerprint density at radius 3 is 2.88 bits per heavy atom. The molecule has 1 aliphatic carbocycles. The van der Waals surface area contributed by atoms with E-state index in [1.165, 1.54) is 5.70 Å². The first-order valence-corrected chi connectivity index (χ1v) is 6.02. The molecule has 3 rings (SSSR count). The number of fused-ring (bicyclic) bond motifs is 1. The fraction of sp³-hybridized carbons (Fsp3) is 0.500. The number of hydrogen-bond donors (Lipinski definition) is 1. The smallest absolute Gasteiger partial charge is 0.373 e. The maximum absolute atomic E-state index is 9.01. The Morgan fingerprint density at radius 2 is 2.12 bits per heavy atom. The van der Waals surface area contributed by atoms with Gasteiger partial charge >= 0.3 is 7.48 Å². The molecule has 5 heteroatoms. The predicted molar refractivity (Wildman–Crippen MR) is 65.0 cm³/mol. The van der Waals surface area contributed by atoms with Gasteiger partial charge in [-0.05, 0) is 12.5 Å². The maximum atomic E-state index is 9.01. The average molecular weight is 232 g/mol. The molecule has 0 saturated carbocycles. The number of nitrogens with zero attached hydrogens (tertiary/aromatic N) is 1. The highest BCUT2D eigenvalue weighted by atomic mass is 16.5. The van der Waals surface area contributed by atoms with Gasteiger partial charge < -0.3 is 19.1 Å². The van der Waals surface area contributed by atoms with Crippen molar-refractivity contribution in [2.24, 2.45) is 0 Å². The lowest BCUT2D eigenvalue weighted by atomic mass is 9.95. The van der Waals surface area contributed by atoms with Gasteiger partial charge in [0.05, 0.1) is 18.9 Å². The Hall–Kier alpha value is -1.20. The number of ether oxygens (including phenoxy) is 1. The molecule has 4 nitrogen and oxygen atoms in total. The molecule has 1 aromatic rings. The molecule has 0 unspecified atom stereocenters. The Kier molecular flexibility index (Phi) is 2.95. The Labute approximate surface area is 101 Å². The third-order valence-corrected chi connectivity index (χ3v) is 3.29. The molecular weight excluding hydrogens is 217 g/mol. The molecule has 89 valence electrons. The van der Waals surface area contributed by atoms with Crippen molar-refractivity contribution < 1.29 is 14.2 Å². The van der Waals surface area contributed by atoms with Crippen LogP contribution in [0.25, 0.3) is 5.70 Å². The molecular formula is C12H15BNO3. The van der Waals surface area contributed by atoms with Crippen LogP contribution in [0.15, 0.2) is 16.6 Å². The van der Waals surface area contributed by atoms with Crippen molar-refractivity contribution in [2.75, 3.05) is 26.3 Å². The summed E-state index contributed by atoms with van der Waals surface area (Å²) in [5.41, 5.74) is 2.89. The fourth-order valence-corrected chi connectivity index (χ4v) is 2.47. The predicted octanol–water partition coefficient (Wildman–Crippen LogP) is 0.136. The lowest BCUT2D eigenvalue weighted by Crippen LogP contribution is -2.35. The average Bonchev–Trinajstić information content (AvgIpc) is 2.82. The molecule has 0 bridgehead atoms. The molecule has 1 N–H and O–H groups in total. The van der Waals surface area contributed by atoms with Crippen LogP contribution in [0.2, 0.25) is 0 Å². The minimum Gasteiger partial charge on any atom is -0.473 e. The summed E-state index contributed by atoms with van der Waals surface area (Å²) >= 11 is 0. The Morgan fingerprint density at radius 1 is 1.29 bits per heavy atom. The van der Waals surface area contributed by atoms with Gasteiger partial charge in [0.2, 0.25) is 0 Å². The van der Waals surface area contributed by atoms with E-state index >= 15 is 0 Å². The summed E-state index contributed by atoms with van der Waals surface area (Å²) in [5.74, 6) is 0.981. The molecule has 1 fully saturated rings. The van der Waals surface area contributed by atoms with Crippen molar-refractivity contribution >= 4 is 18.8 Å². The van der Waals surface area contributed by atoms with Crippen LogP contribution in [0.5, 0.6) is 0 Å². The number of aryl methyl sites for hydroxylation is 1. The van der Waals surface area contributed by atoms with Crippen molar-refractivity contribution in [2.45, 2.75) is 12.8 Å². The highest BCUT2D eigenvalue weighted by Gasteiger charge is 2.23. The number of furan rings is 1. The van der Waals surface area contributed by atoms with Crippen LogP contribution in [0.4, 0.5) is 0 Å². The molecule has 2 heterocycles. The van der Waals surface area contributed by atoms with E-state index < -0.39 is 0 Å². The summed E-state index contributed by atoms with van der Waals surface area (Å²) in [4.78, 5) is 2.33. The third kappa shape index (κ3) is 2.00. The van der Waals surface area contributed by atoms with E-state index in [1.807, 2.05) is 6.07 Å². The van der Waals surface area contributed by atoms with E-state index in [9.17, 15) is 0 Å². The first-order chi connectivity index (χ1) is 8.38. The van der Waals surface area contributed by atoms with E-state index in [0.29, 0.717) is 5.66 Å². The van der Waals surface area contributed by atoms with Crippen molar-refractivity contribution in [3.8, 4) is 0 Å². The van der Waals surface area contributed by atoms with Gasteiger partial charge in [0.15, 0.2) is 0 Å². The zero-order chi connectivity index (χ0) is 11.7. The molecule has 0 spiro atoms. The lowest BCUT2D eigenvalue weighted by molar-refractivity contribution is 0.0637. The van der Waals surface area contributed by atoms with Crippen molar-refractivity contribution in [3.05, 3.63) is 23.5 Å². The van der Waals surface area contributed by atoms with Gasteiger partial charge in [-0.2, -0.15) is 0 Å². The van der Waals surface area contributed by atoms with Gasteiger partial charge in [-0.1, -0.05) is 6.08 Å². The monoisotopic (exact) mass is 232 g/mol. The zero-order valence-electron chi connectivity index (χ0n) is 9.69. The van der Waals surface area contributed by atoms with Crippen LogP contribution in [-0.2, 0) is 11.2 Å². The SMILES string of the molecule is O[B]c1cc2c(o1)CCC=C2N1CCOCC1. The third-order valence-electron chi connectivity index (χ3n) is 3.29. The summed E-state index contributed by atoms with van der Waals surface area (Å²) in [5, 5.41) is 9.01. The summed E-state index contributed by atoms with van der Waals surface area (Å²) in [6.07, 6.45) is 4.17. The number of morpholine rings is 1. The van der Waals surface area contributed by atoms with Gasteiger partial charge in [0, 0.05) is 30.8 Å².